The highest BCUT2D eigenvalue weighted by molar-refractivity contribution is 5.90. The van der Waals surface area contributed by atoms with E-state index < -0.39 is 0 Å². The van der Waals surface area contributed by atoms with Crippen molar-refractivity contribution in [1.82, 2.24) is 25.4 Å². The fourth-order valence-electron chi connectivity index (χ4n) is 2.34. The number of nitrogens with zero attached hydrogens (tertiary/aromatic N) is 3. The quantitative estimate of drug-likeness (QED) is 0.800. The minimum Gasteiger partial charge on any atom is -0.330 e. The van der Waals surface area contributed by atoms with Gasteiger partial charge in [-0.3, -0.25) is 9.89 Å². The van der Waals surface area contributed by atoms with E-state index in [1.165, 1.54) is 0 Å². The van der Waals surface area contributed by atoms with Gasteiger partial charge in [-0.05, 0) is 26.7 Å². The van der Waals surface area contributed by atoms with Crippen molar-refractivity contribution >= 4 is 5.91 Å². The number of hydrogen-bond acceptors (Lipinski definition) is 4. The Kier molecular flexibility index (Phi) is 2.81. The highest BCUT2D eigenvalue weighted by Crippen LogP contribution is 2.37. The van der Waals surface area contributed by atoms with E-state index in [4.69, 9.17) is 0 Å². The minimum atomic E-state index is -0.0565. The summed E-state index contributed by atoms with van der Waals surface area (Å²) in [6.07, 6.45) is 2.31. The maximum atomic E-state index is 12.4. The number of aromatic amines is 1. The van der Waals surface area contributed by atoms with Gasteiger partial charge < -0.3 is 10.2 Å². The summed E-state index contributed by atoms with van der Waals surface area (Å²) >= 11 is 0. The molecule has 1 aromatic heterocycles. The zero-order valence-electron chi connectivity index (χ0n) is 10.8. The summed E-state index contributed by atoms with van der Waals surface area (Å²) in [4.78, 5) is 18.6. The lowest BCUT2D eigenvalue weighted by Crippen LogP contribution is -2.56. The number of aromatic nitrogens is 3. The van der Waals surface area contributed by atoms with E-state index in [2.05, 4.69) is 27.4 Å². The molecule has 2 heterocycles. The van der Waals surface area contributed by atoms with Crippen molar-refractivity contribution in [3.05, 3.63) is 11.6 Å². The number of piperazine rings is 1. The van der Waals surface area contributed by atoms with Crippen LogP contribution in [0.15, 0.2) is 0 Å². The van der Waals surface area contributed by atoms with E-state index in [-0.39, 0.29) is 11.9 Å². The van der Waals surface area contributed by atoms with Crippen LogP contribution in [0.25, 0.3) is 0 Å². The predicted molar refractivity (Wildman–Crippen MR) is 66.3 cm³/mol. The van der Waals surface area contributed by atoms with E-state index in [0.717, 1.165) is 25.2 Å². The van der Waals surface area contributed by atoms with Crippen LogP contribution in [0.4, 0.5) is 0 Å². The van der Waals surface area contributed by atoms with Gasteiger partial charge in [0.25, 0.3) is 5.91 Å². The van der Waals surface area contributed by atoms with E-state index in [1.54, 1.807) is 0 Å². The van der Waals surface area contributed by atoms with Crippen molar-refractivity contribution in [3.63, 3.8) is 0 Å². The molecule has 2 unspecified atom stereocenters. The standard InChI is InChI=1S/C12H19N5O/c1-7-6-17(8(2)5-13-7)12(18)11-14-10(15-16-11)9-3-4-9/h7-9,13H,3-6H2,1-2H3,(H,14,15,16). The minimum absolute atomic E-state index is 0.0565. The van der Waals surface area contributed by atoms with Crippen molar-refractivity contribution in [2.45, 2.75) is 44.7 Å². The molecule has 0 spiro atoms. The molecule has 0 bridgehead atoms. The molecule has 1 aliphatic heterocycles. The molecule has 0 radical (unpaired) electrons. The molecule has 1 aromatic rings. The Morgan fingerprint density at radius 3 is 2.89 bits per heavy atom. The summed E-state index contributed by atoms with van der Waals surface area (Å²) in [7, 11) is 0. The van der Waals surface area contributed by atoms with E-state index in [0.29, 0.717) is 24.3 Å². The molecule has 98 valence electrons. The van der Waals surface area contributed by atoms with Crippen LogP contribution in [-0.4, -0.2) is 51.2 Å². The van der Waals surface area contributed by atoms with Crippen LogP contribution in [0.2, 0.25) is 0 Å². The number of hydrogen-bond donors (Lipinski definition) is 2. The van der Waals surface area contributed by atoms with Gasteiger partial charge in [0.15, 0.2) is 0 Å². The maximum absolute atomic E-state index is 12.4. The molecule has 2 atom stereocenters. The zero-order valence-corrected chi connectivity index (χ0v) is 10.8. The SMILES string of the molecule is CC1CN(C(=O)c2n[nH]c(C3CC3)n2)C(C)CN1. The molecular formula is C12H19N5O. The van der Waals surface area contributed by atoms with Gasteiger partial charge in [-0.15, -0.1) is 5.10 Å². The normalized spacial score (nSPS) is 28.4. The first-order valence-electron chi connectivity index (χ1n) is 6.62. The van der Waals surface area contributed by atoms with Crippen LogP contribution in [0, 0.1) is 0 Å². The molecule has 1 saturated heterocycles. The molecule has 6 heteroatoms. The van der Waals surface area contributed by atoms with Crippen molar-refractivity contribution in [3.8, 4) is 0 Å². The fourth-order valence-corrected chi connectivity index (χ4v) is 2.34. The molecule has 3 rings (SSSR count). The molecule has 18 heavy (non-hydrogen) atoms. The first-order valence-corrected chi connectivity index (χ1v) is 6.62. The average molecular weight is 249 g/mol. The lowest BCUT2D eigenvalue weighted by molar-refractivity contribution is 0.0604. The number of carbonyl (C=O) groups excluding carboxylic acids is 1. The van der Waals surface area contributed by atoms with Gasteiger partial charge in [-0.25, -0.2) is 4.98 Å². The molecule has 1 aliphatic carbocycles. The van der Waals surface area contributed by atoms with Crippen LogP contribution in [0.5, 0.6) is 0 Å². The largest absolute Gasteiger partial charge is 0.330 e. The van der Waals surface area contributed by atoms with Crippen molar-refractivity contribution in [1.29, 1.82) is 0 Å². The van der Waals surface area contributed by atoms with Crippen molar-refractivity contribution < 1.29 is 4.79 Å². The van der Waals surface area contributed by atoms with Crippen LogP contribution in [0.1, 0.15) is 49.1 Å². The van der Waals surface area contributed by atoms with Crippen molar-refractivity contribution in [2.75, 3.05) is 13.1 Å². The third kappa shape index (κ3) is 2.12. The molecule has 1 amide bonds. The topological polar surface area (TPSA) is 73.9 Å². The molecule has 6 nitrogen and oxygen atoms in total. The van der Waals surface area contributed by atoms with Crippen LogP contribution in [-0.2, 0) is 0 Å². The smallest absolute Gasteiger partial charge is 0.293 e. The molecular weight excluding hydrogens is 230 g/mol. The average Bonchev–Trinajstić information content (AvgIpc) is 3.09. The number of nitrogens with one attached hydrogen (secondary N) is 2. The summed E-state index contributed by atoms with van der Waals surface area (Å²) in [5, 5.41) is 10.3. The van der Waals surface area contributed by atoms with Crippen LogP contribution >= 0.6 is 0 Å². The van der Waals surface area contributed by atoms with Gasteiger partial charge in [-0.2, -0.15) is 0 Å². The second-order valence-corrected chi connectivity index (χ2v) is 5.43. The summed E-state index contributed by atoms with van der Waals surface area (Å²) in [6.45, 7) is 5.67. The van der Waals surface area contributed by atoms with Gasteiger partial charge in [0, 0.05) is 31.1 Å². The maximum Gasteiger partial charge on any atom is 0.293 e. The third-order valence-corrected chi connectivity index (χ3v) is 3.68. The third-order valence-electron chi connectivity index (χ3n) is 3.68. The number of rotatable bonds is 2. The van der Waals surface area contributed by atoms with Crippen LogP contribution in [0.3, 0.4) is 0 Å². The van der Waals surface area contributed by atoms with Crippen LogP contribution < -0.4 is 5.32 Å². The van der Waals surface area contributed by atoms with Gasteiger partial charge in [0.2, 0.25) is 5.82 Å². The highest BCUT2D eigenvalue weighted by atomic mass is 16.2. The summed E-state index contributed by atoms with van der Waals surface area (Å²) < 4.78 is 0. The van der Waals surface area contributed by atoms with E-state index >= 15 is 0 Å². The Hall–Kier alpha value is -1.43. The van der Waals surface area contributed by atoms with Gasteiger partial charge in [-0.1, -0.05) is 0 Å². The monoisotopic (exact) mass is 249 g/mol. The molecule has 1 saturated carbocycles. The molecule has 2 fully saturated rings. The number of carbonyl (C=O) groups is 1. The summed E-state index contributed by atoms with van der Waals surface area (Å²) in [6, 6.07) is 0.517. The molecule has 2 N–H and O–H groups in total. The summed E-state index contributed by atoms with van der Waals surface area (Å²) in [5.41, 5.74) is 0. The van der Waals surface area contributed by atoms with Crippen molar-refractivity contribution in [2.24, 2.45) is 0 Å². The Morgan fingerprint density at radius 2 is 2.17 bits per heavy atom. The highest BCUT2D eigenvalue weighted by Gasteiger charge is 2.32. The number of amides is 1. The zero-order chi connectivity index (χ0) is 12.7. The second kappa shape index (κ2) is 4.35. The summed E-state index contributed by atoms with van der Waals surface area (Å²) in [5.74, 6) is 1.63. The predicted octanol–water partition coefficient (Wildman–Crippen LogP) is 0.504. The lowest BCUT2D eigenvalue weighted by Gasteiger charge is -2.36. The lowest BCUT2D eigenvalue weighted by atomic mass is 10.1. The van der Waals surface area contributed by atoms with Gasteiger partial charge in [0.1, 0.15) is 5.82 Å². The Morgan fingerprint density at radius 1 is 1.39 bits per heavy atom. The Labute approximate surface area is 106 Å². The van der Waals surface area contributed by atoms with Gasteiger partial charge in [0.05, 0.1) is 0 Å². The number of H-pyrrole nitrogens is 1. The van der Waals surface area contributed by atoms with E-state index in [1.807, 2.05) is 11.8 Å². The Bertz CT molecular complexity index is 453. The fraction of sp³-hybridized carbons (Fsp3) is 0.750. The van der Waals surface area contributed by atoms with Gasteiger partial charge >= 0.3 is 0 Å². The first-order chi connectivity index (χ1) is 8.65. The first kappa shape index (κ1) is 11.6. The molecule has 2 aliphatic rings. The second-order valence-electron chi connectivity index (χ2n) is 5.43. The molecule has 0 aromatic carbocycles. The Balaban J connectivity index is 1.75. The van der Waals surface area contributed by atoms with E-state index in [9.17, 15) is 4.79 Å².